The van der Waals surface area contributed by atoms with Gasteiger partial charge in [-0.05, 0) is 18.8 Å². The van der Waals surface area contributed by atoms with E-state index in [4.69, 9.17) is 5.11 Å². The van der Waals surface area contributed by atoms with Crippen molar-refractivity contribution in [1.82, 2.24) is 29.5 Å². The third-order valence-corrected chi connectivity index (χ3v) is 5.06. The first-order valence-corrected chi connectivity index (χ1v) is 9.10. The highest BCUT2D eigenvalue weighted by molar-refractivity contribution is 5.87. The molecule has 0 unspecified atom stereocenters. The second kappa shape index (κ2) is 7.01. The summed E-state index contributed by atoms with van der Waals surface area (Å²) in [5.41, 5.74) is -3.08. The van der Waals surface area contributed by atoms with Gasteiger partial charge < -0.3 is 5.11 Å². The van der Waals surface area contributed by atoms with Crippen molar-refractivity contribution in [2.75, 3.05) is 0 Å². The molecule has 1 aliphatic rings. The van der Waals surface area contributed by atoms with E-state index in [1.165, 1.54) is 0 Å². The summed E-state index contributed by atoms with van der Waals surface area (Å²) in [6, 6.07) is 0. The number of carboxylic acid groups (broad SMARTS) is 1. The zero-order chi connectivity index (χ0) is 20.8. The molecule has 3 heterocycles. The van der Waals surface area contributed by atoms with E-state index >= 15 is 0 Å². The number of nitrogens with zero attached hydrogens (tertiary/aromatic N) is 5. The maximum Gasteiger partial charge on any atom is 0.437 e. The molecule has 3 aromatic rings. The molecule has 9 nitrogen and oxygen atoms in total. The summed E-state index contributed by atoms with van der Waals surface area (Å²) < 4.78 is 42.7. The summed E-state index contributed by atoms with van der Waals surface area (Å²) in [7, 11) is 0. The predicted octanol–water partition coefficient (Wildman–Crippen LogP) is 2.60. The number of aromatic nitrogens is 6. The number of nitrogens with one attached hydrogen (secondary N) is 1. The van der Waals surface area contributed by atoms with Crippen LogP contribution in [0.1, 0.15) is 48.2 Å². The first-order valence-electron chi connectivity index (χ1n) is 9.10. The number of hydrogen-bond donors (Lipinski definition) is 2. The molecule has 1 fully saturated rings. The highest BCUT2D eigenvalue weighted by Gasteiger charge is 2.39. The molecule has 0 atom stereocenters. The summed E-state index contributed by atoms with van der Waals surface area (Å²) >= 11 is 0. The Morgan fingerprint density at radius 3 is 2.62 bits per heavy atom. The Morgan fingerprint density at radius 1 is 1.28 bits per heavy atom. The van der Waals surface area contributed by atoms with Gasteiger partial charge in [0.2, 0.25) is 5.95 Å². The minimum absolute atomic E-state index is 0.149. The smallest absolute Gasteiger partial charge is 0.437 e. The van der Waals surface area contributed by atoms with Gasteiger partial charge in [0.05, 0.1) is 11.8 Å². The number of hydrogen-bond acceptors (Lipinski definition) is 5. The third kappa shape index (κ3) is 3.61. The van der Waals surface area contributed by atoms with Gasteiger partial charge in [-0.3, -0.25) is 14.5 Å². The molecule has 0 bridgehead atoms. The maximum atomic E-state index is 13.6. The van der Waals surface area contributed by atoms with Gasteiger partial charge in [-0.25, -0.2) is 14.5 Å². The molecule has 2 N–H and O–H groups in total. The minimum atomic E-state index is -4.80. The van der Waals surface area contributed by atoms with Crippen LogP contribution in [0.5, 0.6) is 0 Å². The van der Waals surface area contributed by atoms with Crippen LogP contribution in [0.4, 0.5) is 13.2 Å². The Bertz CT molecular complexity index is 1120. The molecule has 0 spiro atoms. The Hall–Kier alpha value is -3.18. The van der Waals surface area contributed by atoms with E-state index in [2.05, 4.69) is 20.2 Å². The van der Waals surface area contributed by atoms with Gasteiger partial charge in [0.15, 0.2) is 11.2 Å². The molecule has 1 aliphatic carbocycles. The number of rotatable bonds is 4. The summed E-state index contributed by atoms with van der Waals surface area (Å²) in [4.78, 5) is 29.9. The lowest BCUT2D eigenvalue weighted by Gasteiger charge is -2.21. The molecule has 0 radical (unpaired) electrons. The van der Waals surface area contributed by atoms with Gasteiger partial charge in [-0.1, -0.05) is 19.3 Å². The van der Waals surface area contributed by atoms with Gasteiger partial charge in [-0.2, -0.15) is 23.4 Å². The Morgan fingerprint density at radius 2 is 2.00 bits per heavy atom. The van der Waals surface area contributed by atoms with E-state index in [0.29, 0.717) is 0 Å². The van der Waals surface area contributed by atoms with Crippen LogP contribution in [0.2, 0.25) is 0 Å². The molecule has 4 rings (SSSR count). The van der Waals surface area contributed by atoms with Crippen LogP contribution in [0.25, 0.3) is 17.0 Å². The number of alkyl halides is 3. The number of halogens is 3. The molecule has 12 heteroatoms. The zero-order valence-electron chi connectivity index (χ0n) is 15.1. The molecule has 3 aromatic heterocycles. The van der Waals surface area contributed by atoms with Crippen molar-refractivity contribution in [3.63, 3.8) is 0 Å². The van der Waals surface area contributed by atoms with E-state index in [1.807, 2.05) is 0 Å². The van der Waals surface area contributed by atoms with E-state index < -0.39 is 28.9 Å². The molecular formula is C17H17F3N6O3. The van der Waals surface area contributed by atoms with Crippen LogP contribution in [0.15, 0.2) is 17.2 Å². The van der Waals surface area contributed by atoms with E-state index in [1.54, 1.807) is 0 Å². The van der Waals surface area contributed by atoms with Crippen LogP contribution >= 0.6 is 0 Å². The Balaban J connectivity index is 1.84. The first-order chi connectivity index (χ1) is 13.7. The number of H-pyrrole nitrogens is 1. The Labute approximate surface area is 161 Å². The number of carbonyl (C=O) groups is 1. The van der Waals surface area contributed by atoms with Gasteiger partial charge in [0, 0.05) is 12.7 Å². The molecular weight excluding hydrogens is 393 g/mol. The first kappa shape index (κ1) is 19.2. The fourth-order valence-electron chi connectivity index (χ4n) is 3.67. The van der Waals surface area contributed by atoms with Crippen molar-refractivity contribution in [2.24, 2.45) is 5.92 Å². The highest BCUT2D eigenvalue weighted by Crippen LogP contribution is 2.33. The SMILES string of the molecule is O=C(O)c1cnn(-c2nc3c(C(F)(F)F)nn(CC4CCCCC4)c3c(=O)[nH]2)c1. The Kier molecular flexibility index (Phi) is 4.63. The fourth-order valence-corrected chi connectivity index (χ4v) is 3.67. The van der Waals surface area contributed by atoms with Crippen molar-refractivity contribution in [3.05, 3.63) is 34.0 Å². The fraction of sp³-hybridized carbons (Fsp3) is 0.471. The van der Waals surface area contributed by atoms with Crippen molar-refractivity contribution in [2.45, 2.75) is 44.8 Å². The standard InChI is InChI=1S/C17H17F3N6O3/c18-17(19,20)13-11-12(25(24-13)7-9-4-2-1-3-5-9)14(27)23-16(22-11)26-8-10(6-21-26)15(28)29/h6,8-9H,1-5,7H2,(H,28,29)(H,22,23,27). The molecule has 0 aromatic carbocycles. The van der Waals surface area contributed by atoms with Gasteiger partial charge in [0.1, 0.15) is 5.52 Å². The van der Waals surface area contributed by atoms with Crippen LogP contribution < -0.4 is 5.56 Å². The van der Waals surface area contributed by atoms with Gasteiger partial charge >= 0.3 is 12.1 Å². The highest BCUT2D eigenvalue weighted by atomic mass is 19.4. The maximum absolute atomic E-state index is 13.6. The van der Waals surface area contributed by atoms with Crippen molar-refractivity contribution < 1.29 is 23.1 Å². The van der Waals surface area contributed by atoms with Crippen LogP contribution in [0, 0.1) is 5.92 Å². The van der Waals surface area contributed by atoms with E-state index in [9.17, 15) is 22.8 Å². The monoisotopic (exact) mass is 410 g/mol. The lowest BCUT2D eigenvalue weighted by Crippen LogP contribution is -2.20. The summed E-state index contributed by atoms with van der Waals surface area (Å²) in [5, 5.41) is 16.4. The van der Waals surface area contributed by atoms with E-state index in [-0.39, 0.29) is 29.5 Å². The zero-order valence-corrected chi connectivity index (χ0v) is 15.1. The third-order valence-electron chi connectivity index (χ3n) is 5.06. The number of aromatic amines is 1. The minimum Gasteiger partial charge on any atom is -0.478 e. The largest absolute Gasteiger partial charge is 0.478 e. The van der Waals surface area contributed by atoms with E-state index in [0.717, 1.165) is 53.9 Å². The summed E-state index contributed by atoms with van der Waals surface area (Å²) in [6.07, 6.45) is 2.09. The van der Waals surface area contributed by atoms with Crippen molar-refractivity contribution in [1.29, 1.82) is 0 Å². The molecule has 0 aliphatic heterocycles. The lowest BCUT2D eigenvalue weighted by molar-refractivity contribution is -0.140. The molecule has 154 valence electrons. The van der Waals surface area contributed by atoms with Crippen LogP contribution in [0.3, 0.4) is 0 Å². The summed E-state index contributed by atoms with van der Waals surface area (Å²) in [5.74, 6) is -1.44. The van der Waals surface area contributed by atoms with Crippen molar-refractivity contribution >= 4 is 17.0 Å². The number of carboxylic acids is 1. The lowest BCUT2D eigenvalue weighted by atomic mass is 9.89. The van der Waals surface area contributed by atoms with Gasteiger partial charge in [-0.15, -0.1) is 0 Å². The number of aromatic carboxylic acids is 1. The molecule has 1 saturated carbocycles. The molecule has 29 heavy (non-hydrogen) atoms. The molecule has 0 saturated heterocycles. The predicted molar refractivity (Wildman–Crippen MR) is 93.8 cm³/mol. The second-order valence-corrected chi connectivity index (χ2v) is 7.10. The van der Waals surface area contributed by atoms with Crippen LogP contribution in [-0.4, -0.2) is 40.6 Å². The average Bonchev–Trinajstić information content (AvgIpc) is 3.28. The molecule has 0 amide bonds. The second-order valence-electron chi connectivity index (χ2n) is 7.10. The van der Waals surface area contributed by atoms with Crippen LogP contribution in [-0.2, 0) is 12.7 Å². The van der Waals surface area contributed by atoms with Crippen molar-refractivity contribution in [3.8, 4) is 5.95 Å². The number of fused-ring (bicyclic) bond motifs is 1. The normalized spacial score (nSPS) is 15.8. The quantitative estimate of drug-likeness (QED) is 0.683. The average molecular weight is 410 g/mol. The topological polar surface area (TPSA) is 119 Å². The summed E-state index contributed by atoms with van der Waals surface area (Å²) in [6.45, 7) is 0.210. The van der Waals surface area contributed by atoms with Gasteiger partial charge in [0.25, 0.3) is 5.56 Å².